The number of methoxy groups -OCH3 is 1. The van der Waals surface area contributed by atoms with Crippen molar-refractivity contribution in [3.63, 3.8) is 0 Å². The van der Waals surface area contributed by atoms with Crippen LogP contribution < -0.4 is 4.74 Å². The third kappa shape index (κ3) is 2.86. The SMILES string of the molecule is COC(=O)/C(=C/c1cccc2c1OCCC2)N=[N+]=[N-]. The van der Waals surface area contributed by atoms with Gasteiger partial charge in [-0.25, -0.2) is 4.79 Å². The van der Waals surface area contributed by atoms with Crippen molar-refractivity contribution in [2.75, 3.05) is 13.7 Å². The summed E-state index contributed by atoms with van der Waals surface area (Å²) in [5, 5.41) is 3.35. The van der Waals surface area contributed by atoms with Crippen molar-refractivity contribution in [3.8, 4) is 5.75 Å². The maximum absolute atomic E-state index is 11.5. The molecule has 6 heteroatoms. The van der Waals surface area contributed by atoms with Crippen LogP contribution in [0.3, 0.4) is 0 Å². The third-order valence-corrected chi connectivity index (χ3v) is 2.80. The molecule has 0 spiro atoms. The highest BCUT2D eigenvalue weighted by molar-refractivity contribution is 5.93. The number of rotatable bonds is 3. The number of esters is 1. The zero-order valence-corrected chi connectivity index (χ0v) is 10.5. The fourth-order valence-corrected chi connectivity index (χ4v) is 1.96. The highest BCUT2D eigenvalue weighted by Crippen LogP contribution is 2.30. The molecule has 0 saturated carbocycles. The fourth-order valence-electron chi connectivity index (χ4n) is 1.96. The van der Waals surface area contributed by atoms with E-state index in [-0.39, 0.29) is 5.70 Å². The van der Waals surface area contributed by atoms with E-state index in [0.717, 1.165) is 24.2 Å². The Kier molecular flexibility index (Phi) is 4.05. The van der Waals surface area contributed by atoms with Crippen LogP contribution in [0.15, 0.2) is 29.0 Å². The van der Waals surface area contributed by atoms with Gasteiger partial charge in [-0.1, -0.05) is 23.3 Å². The van der Waals surface area contributed by atoms with Crippen molar-refractivity contribution in [3.05, 3.63) is 45.5 Å². The number of ether oxygens (including phenoxy) is 2. The summed E-state index contributed by atoms with van der Waals surface area (Å²) >= 11 is 0. The van der Waals surface area contributed by atoms with Gasteiger partial charge in [0.25, 0.3) is 0 Å². The van der Waals surface area contributed by atoms with Gasteiger partial charge in [0.05, 0.1) is 13.7 Å². The quantitative estimate of drug-likeness (QED) is 0.275. The van der Waals surface area contributed by atoms with E-state index in [2.05, 4.69) is 14.8 Å². The summed E-state index contributed by atoms with van der Waals surface area (Å²) in [6.07, 6.45) is 3.39. The Hall–Kier alpha value is -2.46. The first-order valence-electron chi connectivity index (χ1n) is 5.86. The Labute approximate surface area is 110 Å². The van der Waals surface area contributed by atoms with E-state index in [0.29, 0.717) is 12.2 Å². The van der Waals surface area contributed by atoms with Crippen molar-refractivity contribution in [2.24, 2.45) is 5.11 Å². The summed E-state index contributed by atoms with van der Waals surface area (Å²) in [7, 11) is 1.24. The molecule has 98 valence electrons. The predicted octanol–water partition coefficient (Wildman–Crippen LogP) is 2.84. The van der Waals surface area contributed by atoms with E-state index in [1.54, 1.807) is 6.07 Å². The van der Waals surface area contributed by atoms with Gasteiger partial charge in [0.15, 0.2) is 0 Å². The summed E-state index contributed by atoms with van der Waals surface area (Å²) in [4.78, 5) is 14.1. The van der Waals surface area contributed by atoms with E-state index in [9.17, 15) is 4.79 Å². The second kappa shape index (κ2) is 5.93. The molecule has 19 heavy (non-hydrogen) atoms. The summed E-state index contributed by atoms with van der Waals surface area (Å²) in [6.45, 7) is 0.646. The molecule has 0 unspecified atom stereocenters. The van der Waals surface area contributed by atoms with Gasteiger partial charge in [0, 0.05) is 10.5 Å². The lowest BCUT2D eigenvalue weighted by molar-refractivity contribution is -0.136. The van der Waals surface area contributed by atoms with Crippen molar-refractivity contribution in [1.82, 2.24) is 0 Å². The fraction of sp³-hybridized carbons (Fsp3) is 0.308. The van der Waals surface area contributed by atoms with Crippen LogP contribution in [-0.4, -0.2) is 19.7 Å². The Morgan fingerprint density at radius 1 is 1.58 bits per heavy atom. The number of nitrogens with zero attached hydrogens (tertiary/aromatic N) is 3. The van der Waals surface area contributed by atoms with E-state index >= 15 is 0 Å². The number of hydrogen-bond acceptors (Lipinski definition) is 4. The van der Waals surface area contributed by atoms with Crippen molar-refractivity contribution in [1.29, 1.82) is 0 Å². The Morgan fingerprint density at radius 3 is 3.16 bits per heavy atom. The van der Waals surface area contributed by atoms with Crippen molar-refractivity contribution in [2.45, 2.75) is 12.8 Å². The van der Waals surface area contributed by atoms with Gasteiger partial charge in [0.1, 0.15) is 11.4 Å². The van der Waals surface area contributed by atoms with Crippen LogP contribution in [0, 0.1) is 0 Å². The maximum atomic E-state index is 11.5. The minimum absolute atomic E-state index is 0.0902. The first-order chi connectivity index (χ1) is 9.26. The Bertz CT molecular complexity index is 574. The molecule has 0 bridgehead atoms. The normalized spacial score (nSPS) is 13.8. The number of azide groups is 1. The molecule has 1 aromatic rings. The lowest BCUT2D eigenvalue weighted by atomic mass is 10.0. The molecule has 1 aromatic carbocycles. The van der Waals surface area contributed by atoms with Crippen LogP contribution in [0.2, 0.25) is 0 Å². The summed E-state index contributed by atoms with van der Waals surface area (Å²) in [6, 6.07) is 5.67. The second-order valence-corrected chi connectivity index (χ2v) is 4.00. The lowest BCUT2D eigenvalue weighted by Crippen LogP contribution is -2.09. The third-order valence-electron chi connectivity index (χ3n) is 2.80. The van der Waals surface area contributed by atoms with Crippen molar-refractivity contribution < 1.29 is 14.3 Å². The zero-order chi connectivity index (χ0) is 13.7. The number of fused-ring (bicyclic) bond motifs is 1. The molecule has 0 radical (unpaired) electrons. The molecule has 0 atom stereocenters. The smallest absolute Gasteiger partial charge is 0.340 e. The predicted molar refractivity (Wildman–Crippen MR) is 69.4 cm³/mol. The molecule has 0 amide bonds. The summed E-state index contributed by atoms with van der Waals surface area (Å²) in [5.74, 6) is 0.0644. The standard InChI is InChI=1S/C13H13N3O3/c1-18-13(17)11(15-16-14)8-10-5-2-4-9-6-3-7-19-12(9)10/h2,4-5,8H,3,6-7H2,1H3/b11-8-. The Balaban J connectivity index is 2.45. The van der Waals surface area contributed by atoms with Gasteiger partial charge in [-0.3, -0.25) is 0 Å². The van der Waals surface area contributed by atoms with Crippen LogP contribution in [0.4, 0.5) is 0 Å². The van der Waals surface area contributed by atoms with Gasteiger partial charge in [-0.2, -0.15) is 0 Å². The largest absolute Gasteiger partial charge is 0.493 e. The molecule has 0 fully saturated rings. The number of benzene rings is 1. The average Bonchev–Trinajstić information content (AvgIpc) is 2.46. The molecular weight excluding hydrogens is 246 g/mol. The van der Waals surface area contributed by atoms with E-state index in [1.807, 2.05) is 12.1 Å². The number of para-hydroxylation sites is 1. The van der Waals surface area contributed by atoms with E-state index in [4.69, 9.17) is 10.3 Å². The molecule has 1 aliphatic rings. The van der Waals surface area contributed by atoms with Gasteiger partial charge < -0.3 is 9.47 Å². The molecule has 6 nitrogen and oxygen atoms in total. The molecule has 2 rings (SSSR count). The first kappa shape index (κ1) is 13.0. The zero-order valence-electron chi connectivity index (χ0n) is 10.5. The van der Waals surface area contributed by atoms with Gasteiger partial charge in [-0.15, -0.1) is 0 Å². The van der Waals surface area contributed by atoms with Crippen LogP contribution in [-0.2, 0) is 16.0 Å². The topological polar surface area (TPSA) is 84.3 Å². The van der Waals surface area contributed by atoms with Crippen LogP contribution in [0.25, 0.3) is 16.5 Å². The number of carbonyl (C=O) groups excluding carboxylic acids is 1. The lowest BCUT2D eigenvalue weighted by Gasteiger charge is -2.19. The molecular formula is C13H13N3O3. The molecule has 0 saturated heterocycles. The van der Waals surface area contributed by atoms with Gasteiger partial charge >= 0.3 is 5.97 Å². The monoisotopic (exact) mass is 259 g/mol. The maximum Gasteiger partial charge on any atom is 0.340 e. The minimum atomic E-state index is -0.675. The molecule has 0 aromatic heterocycles. The number of aryl methyl sites for hydroxylation is 1. The summed E-state index contributed by atoms with van der Waals surface area (Å²) < 4.78 is 10.2. The average molecular weight is 259 g/mol. The number of hydrogen-bond donors (Lipinski definition) is 0. The number of carbonyl (C=O) groups is 1. The van der Waals surface area contributed by atoms with E-state index < -0.39 is 5.97 Å². The van der Waals surface area contributed by atoms with Crippen LogP contribution in [0.1, 0.15) is 17.5 Å². The minimum Gasteiger partial charge on any atom is -0.493 e. The second-order valence-electron chi connectivity index (χ2n) is 4.00. The van der Waals surface area contributed by atoms with Gasteiger partial charge in [-0.05, 0) is 30.0 Å². The highest BCUT2D eigenvalue weighted by Gasteiger charge is 2.15. The Morgan fingerprint density at radius 2 is 2.42 bits per heavy atom. The molecule has 0 N–H and O–H groups in total. The van der Waals surface area contributed by atoms with Crippen LogP contribution >= 0.6 is 0 Å². The first-order valence-corrected chi connectivity index (χ1v) is 5.86. The van der Waals surface area contributed by atoms with Crippen LogP contribution in [0.5, 0.6) is 5.75 Å². The highest BCUT2D eigenvalue weighted by atomic mass is 16.5. The van der Waals surface area contributed by atoms with Gasteiger partial charge in [0.2, 0.25) is 0 Å². The molecule has 0 aliphatic carbocycles. The van der Waals surface area contributed by atoms with Crippen molar-refractivity contribution >= 4 is 12.0 Å². The van der Waals surface area contributed by atoms with E-state index in [1.165, 1.54) is 13.2 Å². The molecule has 1 aliphatic heterocycles. The summed E-state index contributed by atoms with van der Waals surface area (Å²) in [5.41, 5.74) is 10.2. The molecule has 1 heterocycles.